The van der Waals surface area contributed by atoms with Crippen molar-refractivity contribution in [1.82, 2.24) is 4.31 Å². The van der Waals surface area contributed by atoms with Gasteiger partial charge in [-0.25, -0.2) is 16.8 Å². The van der Waals surface area contributed by atoms with Gasteiger partial charge in [-0.3, -0.25) is 4.79 Å². The minimum atomic E-state index is -4.09. The molecule has 0 aliphatic carbocycles. The Morgan fingerprint density at radius 1 is 1.35 bits per heavy atom. The van der Waals surface area contributed by atoms with Crippen LogP contribution < -0.4 is 0 Å². The molecular weight excluding hydrogens is 342 g/mol. The molecule has 0 aromatic heterocycles. The number of sulfonamides is 1. The first kappa shape index (κ1) is 17.9. The van der Waals surface area contributed by atoms with Gasteiger partial charge >= 0.3 is 5.97 Å². The fourth-order valence-corrected chi connectivity index (χ4v) is 6.40. The van der Waals surface area contributed by atoms with Crippen LogP contribution in [0.25, 0.3) is 0 Å². The first-order valence-corrected chi connectivity index (χ1v) is 10.3. The third-order valence-corrected chi connectivity index (χ3v) is 7.63. The molecule has 1 aromatic rings. The number of rotatable bonds is 5. The summed E-state index contributed by atoms with van der Waals surface area (Å²) in [5, 5.41) is 9.04. The number of carboxylic acid groups (broad SMARTS) is 1. The van der Waals surface area contributed by atoms with Crippen LogP contribution in [0.15, 0.2) is 23.1 Å². The summed E-state index contributed by atoms with van der Waals surface area (Å²) >= 11 is 0. The minimum absolute atomic E-state index is 0.00801. The number of hydrogen-bond donors (Lipinski definition) is 1. The van der Waals surface area contributed by atoms with Crippen molar-refractivity contribution in [3.05, 3.63) is 29.3 Å². The van der Waals surface area contributed by atoms with Gasteiger partial charge in [0.05, 0.1) is 16.4 Å². The fourth-order valence-electron chi connectivity index (χ4n) is 2.76. The standard InChI is InChI=1S/C14H19NO6S2/c1-10-3-4-13(11(2)7-10)23(20,21)15(8-14(16)17)12-5-6-22(18,19)9-12/h3-4,7,12H,5-6,8-9H2,1-2H3,(H,16,17)/t12-/m0/s1. The van der Waals surface area contributed by atoms with Gasteiger partial charge < -0.3 is 5.11 Å². The highest BCUT2D eigenvalue weighted by atomic mass is 32.2. The monoisotopic (exact) mass is 361 g/mol. The third kappa shape index (κ3) is 3.91. The van der Waals surface area contributed by atoms with Crippen molar-refractivity contribution < 1.29 is 26.7 Å². The van der Waals surface area contributed by atoms with E-state index in [0.717, 1.165) is 9.87 Å². The molecule has 1 aliphatic heterocycles. The highest BCUT2D eigenvalue weighted by Crippen LogP contribution is 2.27. The largest absolute Gasteiger partial charge is 0.480 e. The highest BCUT2D eigenvalue weighted by molar-refractivity contribution is 7.92. The summed E-state index contributed by atoms with van der Waals surface area (Å²) in [5.41, 5.74) is 1.39. The van der Waals surface area contributed by atoms with E-state index in [2.05, 4.69) is 0 Å². The lowest BCUT2D eigenvalue weighted by Crippen LogP contribution is -2.44. The van der Waals surface area contributed by atoms with Gasteiger partial charge in [0.2, 0.25) is 10.0 Å². The molecule has 9 heteroatoms. The minimum Gasteiger partial charge on any atom is -0.480 e. The predicted octanol–water partition coefficient (Wildman–Crippen LogP) is 0.566. The molecule has 2 rings (SSSR count). The normalized spacial score (nSPS) is 20.7. The Morgan fingerprint density at radius 3 is 2.48 bits per heavy atom. The molecule has 1 saturated heterocycles. The van der Waals surface area contributed by atoms with Crippen LogP contribution in [0.4, 0.5) is 0 Å². The molecule has 1 aromatic carbocycles. The third-order valence-electron chi connectivity index (χ3n) is 3.82. The molecule has 1 atom stereocenters. The maximum absolute atomic E-state index is 12.9. The number of nitrogens with zero attached hydrogens (tertiary/aromatic N) is 1. The number of sulfone groups is 1. The molecule has 0 radical (unpaired) electrons. The highest BCUT2D eigenvalue weighted by Gasteiger charge is 2.40. The van der Waals surface area contributed by atoms with Crippen molar-refractivity contribution in [3.8, 4) is 0 Å². The average Bonchev–Trinajstić information content (AvgIpc) is 2.75. The Balaban J connectivity index is 2.47. The molecule has 1 heterocycles. The Labute approximate surface area is 135 Å². The summed E-state index contributed by atoms with van der Waals surface area (Å²) in [4.78, 5) is 11.1. The van der Waals surface area contributed by atoms with Gasteiger partial charge in [-0.2, -0.15) is 4.31 Å². The van der Waals surface area contributed by atoms with E-state index < -0.39 is 38.4 Å². The van der Waals surface area contributed by atoms with Gasteiger partial charge in [0.25, 0.3) is 0 Å². The second kappa shape index (κ2) is 6.21. The topological polar surface area (TPSA) is 109 Å². The number of aliphatic carboxylic acids is 1. The van der Waals surface area contributed by atoms with Gasteiger partial charge in [0.15, 0.2) is 9.84 Å². The lowest BCUT2D eigenvalue weighted by molar-refractivity contribution is -0.137. The lowest BCUT2D eigenvalue weighted by Gasteiger charge is -2.26. The van der Waals surface area contributed by atoms with Crippen molar-refractivity contribution in [3.63, 3.8) is 0 Å². The van der Waals surface area contributed by atoms with E-state index in [1.165, 1.54) is 6.07 Å². The van der Waals surface area contributed by atoms with Gasteiger partial charge in [0.1, 0.15) is 6.54 Å². The molecule has 7 nitrogen and oxygen atoms in total. The fraction of sp³-hybridized carbons (Fsp3) is 0.500. The molecule has 23 heavy (non-hydrogen) atoms. The van der Waals surface area contributed by atoms with Crippen LogP contribution in [0.1, 0.15) is 17.5 Å². The number of hydrogen-bond acceptors (Lipinski definition) is 5. The molecule has 1 aliphatic rings. The van der Waals surface area contributed by atoms with Gasteiger partial charge in [-0.15, -0.1) is 0 Å². The summed E-state index contributed by atoms with van der Waals surface area (Å²) in [6.07, 6.45) is 0.111. The van der Waals surface area contributed by atoms with Crippen molar-refractivity contribution in [1.29, 1.82) is 0 Å². The van der Waals surface area contributed by atoms with E-state index in [0.29, 0.717) is 5.56 Å². The summed E-state index contributed by atoms with van der Waals surface area (Å²) in [6.45, 7) is 2.70. The van der Waals surface area contributed by atoms with Gasteiger partial charge in [0, 0.05) is 6.04 Å². The number of aryl methyl sites for hydroxylation is 2. The number of carbonyl (C=O) groups is 1. The van der Waals surface area contributed by atoms with Crippen LogP contribution in [0, 0.1) is 13.8 Å². The van der Waals surface area contributed by atoms with Gasteiger partial charge in [-0.1, -0.05) is 17.7 Å². The maximum atomic E-state index is 12.9. The van der Waals surface area contributed by atoms with Crippen molar-refractivity contribution in [2.45, 2.75) is 31.2 Å². The molecule has 0 unspecified atom stereocenters. The van der Waals surface area contributed by atoms with Crippen molar-refractivity contribution >= 4 is 25.8 Å². The molecule has 0 bridgehead atoms. The first-order chi connectivity index (χ1) is 10.5. The summed E-state index contributed by atoms with van der Waals surface area (Å²) in [7, 11) is -7.42. The van der Waals surface area contributed by atoms with Crippen LogP contribution in [0.3, 0.4) is 0 Å². The molecular formula is C14H19NO6S2. The van der Waals surface area contributed by atoms with E-state index in [-0.39, 0.29) is 22.8 Å². The Hall–Kier alpha value is -1.45. The summed E-state index contributed by atoms with van der Waals surface area (Å²) in [6, 6.07) is 3.90. The van der Waals surface area contributed by atoms with Crippen LogP contribution in [-0.2, 0) is 24.7 Å². The van der Waals surface area contributed by atoms with Crippen molar-refractivity contribution in [2.75, 3.05) is 18.1 Å². The van der Waals surface area contributed by atoms with Gasteiger partial charge in [-0.05, 0) is 31.9 Å². The second-order valence-electron chi connectivity index (χ2n) is 5.77. The number of carboxylic acids is 1. The zero-order valence-electron chi connectivity index (χ0n) is 12.9. The van der Waals surface area contributed by atoms with E-state index >= 15 is 0 Å². The van der Waals surface area contributed by atoms with E-state index in [1.54, 1.807) is 19.1 Å². The second-order valence-corrected chi connectivity index (χ2v) is 9.86. The van der Waals surface area contributed by atoms with Crippen LogP contribution in [0.2, 0.25) is 0 Å². The predicted molar refractivity (Wildman–Crippen MR) is 84.5 cm³/mol. The quantitative estimate of drug-likeness (QED) is 0.821. The van der Waals surface area contributed by atoms with Crippen LogP contribution in [-0.4, -0.2) is 56.3 Å². The van der Waals surface area contributed by atoms with Crippen LogP contribution >= 0.6 is 0 Å². The van der Waals surface area contributed by atoms with Crippen molar-refractivity contribution in [2.24, 2.45) is 0 Å². The Bertz CT molecular complexity index is 829. The smallest absolute Gasteiger partial charge is 0.318 e. The number of benzene rings is 1. The van der Waals surface area contributed by atoms with E-state index in [9.17, 15) is 21.6 Å². The summed E-state index contributed by atoms with van der Waals surface area (Å²) < 4.78 is 49.8. The molecule has 0 spiro atoms. The molecule has 0 amide bonds. The van der Waals surface area contributed by atoms with Crippen LogP contribution in [0.5, 0.6) is 0 Å². The van der Waals surface area contributed by atoms with E-state index in [4.69, 9.17) is 5.11 Å². The zero-order chi connectivity index (χ0) is 17.4. The van der Waals surface area contributed by atoms with E-state index in [1.807, 2.05) is 6.92 Å². The molecule has 1 fully saturated rings. The SMILES string of the molecule is Cc1ccc(S(=O)(=O)N(CC(=O)O)[C@H]2CCS(=O)(=O)C2)c(C)c1. The average molecular weight is 361 g/mol. The molecule has 0 saturated carbocycles. The Morgan fingerprint density at radius 2 is 2.00 bits per heavy atom. The lowest BCUT2D eigenvalue weighted by atomic mass is 10.2. The first-order valence-electron chi connectivity index (χ1n) is 7.04. The summed E-state index contributed by atoms with van der Waals surface area (Å²) in [5.74, 6) is -1.79. The molecule has 1 N–H and O–H groups in total. The maximum Gasteiger partial charge on any atom is 0.318 e. The zero-order valence-corrected chi connectivity index (χ0v) is 14.5. The Kier molecular flexibility index (Phi) is 4.84. The molecule has 128 valence electrons.